The topological polar surface area (TPSA) is 99.6 Å². The van der Waals surface area contributed by atoms with Crippen LogP contribution in [-0.4, -0.2) is 45.9 Å². The molecule has 7 nitrogen and oxygen atoms in total. The van der Waals surface area contributed by atoms with Crippen molar-refractivity contribution >= 4 is 29.4 Å². The van der Waals surface area contributed by atoms with Gasteiger partial charge in [0.25, 0.3) is 11.8 Å². The summed E-state index contributed by atoms with van der Waals surface area (Å²) in [4.78, 5) is 44.0. The van der Waals surface area contributed by atoms with Crippen molar-refractivity contribution in [2.24, 2.45) is 0 Å². The Morgan fingerprint density at radius 3 is 2.21 bits per heavy atom. The summed E-state index contributed by atoms with van der Waals surface area (Å²) in [5.74, 6) is -1.57. The second-order valence-corrected chi connectivity index (χ2v) is 9.39. The Balaban J connectivity index is 1.60. The summed E-state index contributed by atoms with van der Waals surface area (Å²) in [5, 5.41) is 12.8. The molecule has 2 N–H and O–H groups in total. The zero-order chi connectivity index (χ0) is 27.6. The predicted octanol–water partition coefficient (Wildman–Crippen LogP) is 5.49. The quantitative estimate of drug-likeness (QED) is 0.261. The first kappa shape index (κ1) is 27.5. The molecule has 4 aromatic rings. The van der Waals surface area contributed by atoms with Gasteiger partial charge in [-0.15, -0.1) is 0 Å². The highest BCUT2D eigenvalue weighted by Crippen LogP contribution is 2.28. The molecular formula is C31H28ClN3O4. The Hall–Kier alpha value is -4.49. The molecule has 0 bridgehead atoms. The van der Waals surface area contributed by atoms with E-state index >= 15 is 0 Å². The van der Waals surface area contributed by atoms with E-state index in [0.717, 1.165) is 11.1 Å². The maximum absolute atomic E-state index is 13.8. The van der Waals surface area contributed by atoms with Crippen LogP contribution in [0.1, 0.15) is 38.3 Å². The van der Waals surface area contributed by atoms with E-state index in [1.54, 1.807) is 65.8 Å². The van der Waals surface area contributed by atoms with Crippen LogP contribution < -0.4 is 5.32 Å². The molecule has 198 valence electrons. The van der Waals surface area contributed by atoms with Crippen molar-refractivity contribution in [3.8, 4) is 11.1 Å². The largest absolute Gasteiger partial charge is 0.481 e. The fourth-order valence-corrected chi connectivity index (χ4v) is 4.48. The van der Waals surface area contributed by atoms with Crippen molar-refractivity contribution in [1.29, 1.82) is 0 Å². The van der Waals surface area contributed by atoms with Gasteiger partial charge in [0.05, 0.1) is 6.42 Å². The third-order valence-electron chi connectivity index (χ3n) is 6.24. The van der Waals surface area contributed by atoms with Gasteiger partial charge in [0.1, 0.15) is 0 Å². The molecule has 0 radical (unpaired) electrons. The Bertz CT molecular complexity index is 1460. The highest BCUT2D eigenvalue weighted by Gasteiger charge is 2.22. The number of aromatic nitrogens is 1. The van der Waals surface area contributed by atoms with Gasteiger partial charge in [0.2, 0.25) is 0 Å². The third-order valence-corrected chi connectivity index (χ3v) is 6.47. The number of nitrogens with zero attached hydrogens (tertiary/aromatic N) is 2. The van der Waals surface area contributed by atoms with E-state index < -0.39 is 5.97 Å². The molecule has 1 aromatic heterocycles. The molecule has 0 saturated carbocycles. The molecule has 4 rings (SSSR count). The Morgan fingerprint density at radius 2 is 1.51 bits per heavy atom. The number of carboxylic acids is 1. The minimum atomic E-state index is -0.982. The van der Waals surface area contributed by atoms with Gasteiger partial charge in [0.15, 0.2) is 0 Å². The van der Waals surface area contributed by atoms with Crippen LogP contribution in [0.25, 0.3) is 11.1 Å². The van der Waals surface area contributed by atoms with Crippen LogP contribution >= 0.6 is 11.6 Å². The molecule has 3 aromatic carbocycles. The molecule has 1 heterocycles. The third kappa shape index (κ3) is 7.52. The molecule has 0 saturated heterocycles. The van der Waals surface area contributed by atoms with E-state index in [-0.39, 0.29) is 24.8 Å². The van der Waals surface area contributed by atoms with E-state index in [9.17, 15) is 19.5 Å². The number of hydrogen-bond acceptors (Lipinski definition) is 4. The van der Waals surface area contributed by atoms with Crippen molar-refractivity contribution in [3.63, 3.8) is 0 Å². The first-order valence-corrected chi connectivity index (χ1v) is 12.9. The van der Waals surface area contributed by atoms with Gasteiger partial charge >= 0.3 is 5.97 Å². The number of amides is 2. The molecule has 39 heavy (non-hydrogen) atoms. The minimum absolute atomic E-state index is 0.0601. The van der Waals surface area contributed by atoms with Crippen molar-refractivity contribution in [2.75, 3.05) is 13.1 Å². The van der Waals surface area contributed by atoms with Crippen LogP contribution in [0.3, 0.4) is 0 Å². The van der Waals surface area contributed by atoms with Gasteiger partial charge in [0, 0.05) is 48.2 Å². The first-order chi connectivity index (χ1) is 18.9. The summed E-state index contributed by atoms with van der Waals surface area (Å²) in [7, 11) is 0. The smallest absolute Gasteiger partial charge is 0.305 e. The van der Waals surface area contributed by atoms with Crippen molar-refractivity contribution in [2.45, 2.75) is 19.4 Å². The van der Waals surface area contributed by atoms with E-state index in [2.05, 4.69) is 10.3 Å². The van der Waals surface area contributed by atoms with Gasteiger partial charge in [-0.25, -0.2) is 0 Å². The van der Waals surface area contributed by atoms with Crippen LogP contribution in [0, 0.1) is 0 Å². The van der Waals surface area contributed by atoms with Gasteiger partial charge < -0.3 is 15.3 Å². The molecule has 2 amide bonds. The monoisotopic (exact) mass is 541 g/mol. The molecule has 0 atom stereocenters. The summed E-state index contributed by atoms with van der Waals surface area (Å²) in [5.41, 5.74) is 3.83. The number of carboxylic acid groups (broad SMARTS) is 1. The zero-order valence-electron chi connectivity index (χ0n) is 21.2. The molecular weight excluding hydrogens is 514 g/mol. The Kier molecular flexibility index (Phi) is 9.43. The minimum Gasteiger partial charge on any atom is -0.481 e. The van der Waals surface area contributed by atoms with Crippen LogP contribution in [0.4, 0.5) is 0 Å². The average molecular weight is 542 g/mol. The molecule has 0 aliphatic carbocycles. The van der Waals surface area contributed by atoms with E-state index in [4.69, 9.17) is 11.6 Å². The number of hydrogen-bond donors (Lipinski definition) is 2. The maximum atomic E-state index is 13.8. The average Bonchev–Trinajstić information content (AvgIpc) is 2.96. The van der Waals surface area contributed by atoms with Crippen LogP contribution in [0.15, 0.2) is 97.3 Å². The molecule has 0 aliphatic rings. The number of nitrogens with one attached hydrogen (secondary N) is 1. The second-order valence-electron chi connectivity index (χ2n) is 8.95. The molecule has 8 heteroatoms. The lowest BCUT2D eigenvalue weighted by molar-refractivity contribution is -0.137. The first-order valence-electron chi connectivity index (χ1n) is 12.5. The lowest BCUT2D eigenvalue weighted by Gasteiger charge is -2.24. The van der Waals surface area contributed by atoms with Crippen molar-refractivity contribution in [3.05, 3.63) is 125 Å². The number of halogens is 1. The Labute approximate surface area is 232 Å². The van der Waals surface area contributed by atoms with Crippen LogP contribution in [0.2, 0.25) is 5.02 Å². The number of rotatable bonds is 11. The normalized spacial score (nSPS) is 10.6. The highest BCUT2D eigenvalue weighted by molar-refractivity contribution is 6.30. The standard InChI is InChI=1S/C31H28ClN3O4/c32-24-9-5-7-23(19-24)21-34-30(38)27-12-3-1-10-25(27)26-11-2-4-13-28(26)31(39)35(18-15-29(36)37)17-14-22-8-6-16-33-20-22/h1-13,16,19-20H,14-15,17-18,21H2,(H,34,38)(H,36,37). The lowest BCUT2D eigenvalue weighted by atomic mass is 9.94. The predicted molar refractivity (Wildman–Crippen MR) is 151 cm³/mol. The maximum Gasteiger partial charge on any atom is 0.305 e. The van der Waals surface area contributed by atoms with Crippen molar-refractivity contribution in [1.82, 2.24) is 15.2 Å². The molecule has 0 aliphatic heterocycles. The number of carbonyl (C=O) groups is 3. The Morgan fingerprint density at radius 1 is 0.821 bits per heavy atom. The number of aliphatic carboxylic acids is 1. The molecule has 0 fully saturated rings. The van der Waals surface area contributed by atoms with Gasteiger partial charge in [-0.05, 0) is 59.0 Å². The number of pyridine rings is 1. The van der Waals surface area contributed by atoms with E-state index in [0.29, 0.717) is 46.8 Å². The summed E-state index contributed by atoms with van der Waals surface area (Å²) in [6.45, 7) is 0.685. The SMILES string of the molecule is O=C(O)CCN(CCc1cccnc1)C(=O)c1ccccc1-c1ccccc1C(=O)NCc1cccc(Cl)c1. The second kappa shape index (κ2) is 13.3. The van der Waals surface area contributed by atoms with Crippen LogP contribution in [0.5, 0.6) is 0 Å². The van der Waals surface area contributed by atoms with Crippen LogP contribution in [-0.2, 0) is 17.8 Å². The fraction of sp³-hybridized carbons (Fsp3) is 0.161. The number of carbonyl (C=O) groups excluding carboxylic acids is 2. The van der Waals surface area contributed by atoms with Gasteiger partial charge in [-0.2, -0.15) is 0 Å². The lowest BCUT2D eigenvalue weighted by Crippen LogP contribution is -2.35. The summed E-state index contributed by atoms with van der Waals surface area (Å²) in [6.07, 6.45) is 3.76. The number of benzene rings is 3. The van der Waals surface area contributed by atoms with Crippen molar-refractivity contribution < 1.29 is 19.5 Å². The van der Waals surface area contributed by atoms with E-state index in [1.165, 1.54) is 0 Å². The highest BCUT2D eigenvalue weighted by atomic mass is 35.5. The van der Waals surface area contributed by atoms with Gasteiger partial charge in [-0.3, -0.25) is 19.4 Å². The summed E-state index contributed by atoms with van der Waals surface area (Å²) >= 11 is 6.07. The van der Waals surface area contributed by atoms with Gasteiger partial charge in [-0.1, -0.05) is 66.2 Å². The van der Waals surface area contributed by atoms with E-state index in [1.807, 2.05) is 36.4 Å². The molecule has 0 spiro atoms. The molecule has 0 unspecified atom stereocenters. The zero-order valence-corrected chi connectivity index (χ0v) is 22.0. The fourth-order valence-electron chi connectivity index (χ4n) is 4.27. The summed E-state index contributed by atoms with van der Waals surface area (Å²) in [6, 6.07) is 25.2. The summed E-state index contributed by atoms with van der Waals surface area (Å²) < 4.78 is 0.